The molecule has 3 N–H and O–H groups in total. The summed E-state index contributed by atoms with van der Waals surface area (Å²) in [7, 11) is -3.13. The molecule has 0 aliphatic carbocycles. The van der Waals surface area contributed by atoms with Gasteiger partial charge in [-0.25, -0.2) is 12.7 Å². The van der Waals surface area contributed by atoms with Crippen LogP contribution in [0.25, 0.3) is 0 Å². The summed E-state index contributed by atoms with van der Waals surface area (Å²) >= 11 is 0. The summed E-state index contributed by atoms with van der Waals surface area (Å²) < 4.78 is 24.7. The van der Waals surface area contributed by atoms with Gasteiger partial charge in [-0.3, -0.25) is 4.79 Å². The second-order valence-electron chi connectivity index (χ2n) is 5.21. The van der Waals surface area contributed by atoms with Crippen LogP contribution in [0.3, 0.4) is 0 Å². The van der Waals surface area contributed by atoms with Crippen molar-refractivity contribution in [3.63, 3.8) is 0 Å². The van der Waals surface area contributed by atoms with Gasteiger partial charge < -0.3 is 11.1 Å². The smallest absolute Gasteiger partial charge is 0.234 e. The van der Waals surface area contributed by atoms with Crippen LogP contribution in [0.4, 0.5) is 0 Å². The normalized spacial score (nSPS) is 27.1. The Bertz CT molecular complexity index is 410. The number of carbonyl (C=O) groups is 1. The van der Waals surface area contributed by atoms with E-state index >= 15 is 0 Å². The van der Waals surface area contributed by atoms with E-state index in [1.807, 2.05) is 13.8 Å². The fourth-order valence-corrected chi connectivity index (χ4v) is 3.49. The van der Waals surface area contributed by atoms with Crippen molar-refractivity contribution in [2.24, 2.45) is 11.7 Å². The number of nitrogens with two attached hydrogens (primary N) is 1. The number of hydrogen-bond acceptors (Lipinski definition) is 4. The van der Waals surface area contributed by atoms with E-state index in [1.165, 1.54) is 10.6 Å². The predicted octanol–water partition coefficient (Wildman–Crippen LogP) is -0.1000. The van der Waals surface area contributed by atoms with Crippen LogP contribution in [0.1, 0.15) is 33.1 Å². The number of primary amides is 1. The molecular formula is C12H25N3O3S. The van der Waals surface area contributed by atoms with E-state index in [4.69, 9.17) is 5.73 Å². The first-order valence-corrected chi connectivity index (χ1v) is 8.64. The maximum atomic E-state index is 11.6. The second-order valence-corrected chi connectivity index (χ2v) is 7.20. The fraction of sp³-hybridized carbons (Fsp3) is 0.917. The molecule has 1 saturated heterocycles. The Morgan fingerprint density at radius 2 is 2.11 bits per heavy atom. The van der Waals surface area contributed by atoms with Gasteiger partial charge in [-0.1, -0.05) is 20.3 Å². The maximum Gasteiger partial charge on any atom is 0.234 e. The third kappa shape index (κ3) is 4.43. The van der Waals surface area contributed by atoms with Crippen LogP contribution in [0.15, 0.2) is 0 Å². The van der Waals surface area contributed by atoms with Crippen molar-refractivity contribution in [3.8, 4) is 0 Å². The first-order chi connectivity index (χ1) is 8.79. The molecule has 0 aromatic carbocycles. The minimum atomic E-state index is -3.13. The minimum absolute atomic E-state index is 0.153. The standard InChI is InChI=1S/C12H25N3O3S/c1-4-9-8-15(19(3,17)18)7-6-11(9)14-10(5-2)12(13)16/h9-11,14H,4-8H2,1-3H3,(H2,13,16)/t9-,10+,11-/m1/s1. The van der Waals surface area contributed by atoms with E-state index in [1.54, 1.807) is 0 Å². The molecule has 0 aromatic heterocycles. The lowest BCUT2D eigenvalue weighted by Crippen LogP contribution is -2.55. The van der Waals surface area contributed by atoms with Gasteiger partial charge in [0.05, 0.1) is 12.3 Å². The minimum Gasteiger partial charge on any atom is -0.368 e. The molecule has 0 unspecified atom stereocenters. The van der Waals surface area contributed by atoms with E-state index in [-0.39, 0.29) is 23.9 Å². The number of hydrogen-bond donors (Lipinski definition) is 2. The molecule has 1 amide bonds. The highest BCUT2D eigenvalue weighted by Gasteiger charge is 2.33. The molecule has 1 heterocycles. The summed E-state index contributed by atoms with van der Waals surface area (Å²) in [5.41, 5.74) is 5.34. The molecule has 1 aliphatic rings. The summed E-state index contributed by atoms with van der Waals surface area (Å²) in [5.74, 6) is -0.125. The monoisotopic (exact) mass is 291 g/mol. The fourth-order valence-electron chi connectivity index (χ4n) is 2.59. The average Bonchev–Trinajstić information content (AvgIpc) is 2.34. The number of amides is 1. The molecule has 0 spiro atoms. The molecule has 0 aromatic rings. The molecule has 1 rings (SSSR count). The number of sulfonamides is 1. The van der Waals surface area contributed by atoms with Crippen molar-refractivity contribution in [3.05, 3.63) is 0 Å². The molecule has 6 nitrogen and oxygen atoms in total. The zero-order valence-electron chi connectivity index (χ0n) is 11.9. The first-order valence-electron chi connectivity index (χ1n) is 6.80. The molecule has 112 valence electrons. The van der Waals surface area contributed by atoms with Crippen molar-refractivity contribution in [2.45, 2.75) is 45.2 Å². The average molecular weight is 291 g/mol. The van der Waals surface area contributed by atoms with E-state index in [0.717, 1.165) is 12.8 Å². The van der Waals surface area contributed by atoms with Gasteiger partial charge in [-0.05, 0) is 18.8 Å². The predicted molar refractivity (Wildman–Crippen MR) is 75.0 cm³/mol. The third-order valence-electron chi connectivity index (χ3n) is 3.86. The van der Waals surface area contributed by atoms with Crippen molar-refractivity contribution >= 4 is 15.9 Å². The summed E-state index contributed by atoms with van der Waals surface area (Å²) in [5, 5.41) is 3.28. The molecule has 19 heavy (non-hydrogen) atoms. The van der Waals surface area contributed by atoms with Crippen molar-refractivity contribution in [1.29, 1.82) is 0 Å². The summed E-state index contributed by atoms with van der Waals surface area (Å²) in [4.78, 5) is 11.3. The third-order valence-corrected chi connectivity index (χ3v) is 5.13. The molecule has 7 heteroatoms. The van der Waals surface area contributed by atoms with Gasteiger partial charge in [-0.2, -0.15) is 0 Å². The summed E-state index contributed by atoms with van der Waals surface area (Å²) in [6.07, 6.45) is 3.48. The molecule has 0 saturated carbocycles. The van der Waals surface area contributed by atoms with Crippen LogP contribution in [0.2, 0.25) is 0 Å². The van der Waals surface area contributed by atoms with Crippen LogP contribution < -0.4 is 11.1 Å². The van der Waals surface area contributed by atoms with Gasteiger partial charge >= 0.3 is 0 Å². The van der Waals surface area contributed by atoms with Crippen LogP contribution in [0, 0.1) is 5.92 Å². The maximum absolute atomic E-state index is 11.6. The molecular weight excluding hydrogens is 266 g/mol. The largest absolute Gasteiger partial charge is 0.368 e. The van der Waals surface area contributed by atoms with Crippen molar-refractivity contribution in [2.75, 3.05) is 19.3 Å². The lowest BCUT2D eigenvalue weighted by atomic mass is 9.90. The van der Waals surface area contributed by atoms with Gasteiger partial charge in [0.2, 0.25) is 15.9 Å². The highest BCUT2D eigenvalue weighted by atomic mass is 32.2. The Kier molecular flexibility index (Phi) is 5.76. The number of carbonyl (C=O) groups excluding carboxylic acids is 1. The molecule has 0 radical (unpaired) electrons. The quantitative estimate of drug-likeness (QED) is 0.715. The SMILES string of the molecule is CC[C@@H]1CN(S(C)(=O)=O)CC[C@H]1N[C@@H](CC)C(N)=O. The van der Waals surface area contributed by atoms with E-state index in [9.17, 15) is 13.2 Å². The lowest BCUT2D eigenvalue weighted by molar-refractivity contribution is -0.120. The Balaban J connectivity index is 2.69. The molecule has 3 atom stereocenters. The first kappa shape index (κ1) is 16.4. The number of piperidine rings is 1. The number of nitrogens with one attached hydrogen (secondary N) is 1. The Hall–Kier alpha value is -0.660. The van der Waals surface area contributed by atoms with Gasteiger partial charge in [-0.15, -0.1) is 0 Å². The highest BCUT2D eigenvalue weighted by Crippen LogP contribution is 2.22. The summed E-state index contributed by atoms with van der Waals surface area (Å²) in [6.45, 7) is 4.97. The zero-order chi connectivity index (χ0) is 14.6. The van der Waals surface area contributed by atoms with Crippen LogP contribution in [0.5, 0.6) is 0 Å². The topological polar surface area (TPSA) is 92.5 Å². The van der Waals surface area contributed by atoms with Crippen LogP contribution >= 0.6 is 0 Å². The van der Waals surface area contributed by atoms with Gasteiger partial charge in [0.25, 0.3) is 0 Å². The van der Waals surface area contributed by atoms with Gasteiger partial charge in [0.15, 0.2) is 0 Å². The highest BCUT2D eigenvalue weighted by molar-refractivity contribution is 7.88. The number of nitrogens with zero attached hydrogens (tertiary/aromatic N) is 1. The Morgan fingerprint density at radius 1 is 1.47 bits per heavy atom. The van der Waals surface area contributed by atoms with Crippen molar-refractivity contribution in [1.82, 2.24) is 9.62 Å². The van der Waals surface area contributed by atoms with Crippen LogP contribution in [-0.4, -0.2) is 50.1 Å². The van der Waals surface area contributed by atoms with Crippen LogP contribution in [-0.2, 0) is 14.8 Å². The molecule has 1 aliphatic heterocycles. The number of rotatable bonds is 6. The second kappa shape index (κ2) is 6.67. The zero-order valence-corrected chi connectivity index (χ0v) is 12.7. The Labute approximate surface area is 115 Å². The van der Waals surface area contributed by atoms with Gasteiger partial charge in [0.1, 0.15) is 0 Å². The van der Waals surface area contributed by atoms with Gasteiger partial charge in [0, 0.05) is 19.1 Å². The summed E-state index contributed by atoms with van der Waals surface area (Å²) in [6, 6.07) is -0.177. The lowest BCUT2D eigenvalue weighted by Gasteiger charge is -2.38. The Morgan fingerprint density at radius 3 is 2.53 bits per heavy atom. The van der Waals surface area contributed by atoms with E-state index < -0.39 is 10.0 Å². The molecule has 1 fully saturated rings. The van der Waals surface area contributed by atoms with E-state index in [0.29, 0.717) is 19.5 Å². The molecule has 0 bridgehead atoms. The van der Waals surface area contributed by atoms with Crippen molar-refractivity contribution < 1.29 is 13.2 Å². The van der Waals surface area contributed by atoms with E-state index in [2.05, 4.69) is 5.32 Å².